The molecule has 0 N–H and O–H groups in total. The zero-order chi connectivity index (χ0) is 24.1. The first-order chi connectivity index (χ1) is 15.7. The van der Waals surface area contributed by atoms with Gasteiger partial charge in [-0.2, -0.15) is 0 Å². The Hall–Kier alpha value is -2.63. The average Bonchev–Trinajstić information content (AvgIpc) is 2.78. The van der Waals surface area contributed by atoms with Gasteiger partial charge in [0.1, 0.15) is 0 Å². The highest BCUT2D eigenvalue weighted by atomic mass is 79.9. The molecule has 2 aromatic carbocycles. The van der Waals surface area contributed by atoms with Crippen molar-refractivity contribution in [3.05, 3.63) is 62.6 Å². The summed E-state index contributed by atoms with van der Waals surface area (Å²) in [6.07, 6.45) is 0. The number of hydrogen-bond acceptors (Lipinski definition) is 7. The number of carbonyl (C=O) groups excluding carboxylic acids is 2. The van der Waals surface area contributed by atoms with Crippen molar-refractivity contribution in [2.45, 2.75) is 24.8 Å². The van der Waals surface area contributed by atoms with Crippen LogP contribution in [-0.4, -0.2) is 64.3 Å². The van der Waals surface area contributed by atoms with Crippen molar-refractivity contribution >= 4 is 50.4 Å². The number of nitrogens with zero attached hydrogens (tertiary/aromatic N) is 3. The van der Waals surface area contributed by atoms with Gasteiger partial charge in [0.05, 0.1) is 11.5 Å². The Morgan fingerprint density at radius 2 is 2.00 bits per heavy atom. The molecule has 1 fully saturated rings. The number of anilines is 1. The maximum absolute atomic E-state index is 13.1. The van der Waals surface area contributed by atoms with Crippen LogP contribution in [0.25, 0.3) is 0 Å². The van der Waals surface area contributed by atoms with Crippen molar-refractivity contribution in [2.24, 2.45) is 0 Å². The summed E-state index contributed by atoms with van der Waals surface area (Å²) in [6.45, 7) is 5.29. The highest BCUT2D eigenvalue weighted by molar-refractivity contribution is 9.10. The van der Waals surface area contributed by atoms with Gasteiger partial charge in [-0.25, -0.2) is 4.79 Å². The standard InChI is InChI=1S/C22H24BrN3O6S/c1-3-32-21(27)14-33(31)20-8-7-16(11-19(20)26(29)30)22(28)24-9-10-25(15(2)13-24)18-6-4-5-17(23)12-18/h4-8,11-12,15H,3,9-10,13-14H2,1-2H3/t15-,33?/m0/s1. The molecule has 1 aliphatic heterocycles. The van der Waals surface area contributed by atoms with E-state index in [2.05, 4.69) is 20.8 Å². The quantitative estimate of drug-likeness (QED) is 0.230. The zero-order valence-corrected chi connectivity index (χ0v) is 20.6. The van der Waals surface area contributed by atoms with Crippen LogP contribution in [-0.2, 0) is 20.7 Å². The molecule has 0 spiro atoms. The van der Waals surface area contributed by atoms with Crippen LogP contribution >= 0.6 is 15.9 Å². The first kappa shape index (κ1) is 25.0. The van der Waals surface area contributed by atoms with Crippen molar-refractivity contribution in [1.82, 2.24) is 4.90 Å². The molecule has 1 amide bonds. The fraction of sp³-hybridized carbons (Fsp3) is 0.364. The largest absolute Gasteiger partial charge is 0.611 e. The number of ether oxygens (including phenoxy) is 1. The Bertz CT molecular complexity index is 1050. The highest BCUT2D eigenvalue weighted by Gasteiger charge is 2.32. The second-order valence-electron chi connectivity index (χ2n) is 7.51. The van der Waals surface area contributed by atoms with E-state index in [9.17, 15) is 24.3 Å². The Kier molecular flexibility index (Phi) is 8.33. The first-order valence-corrected chi connectivity index (χ1v) is 12.5. The number of rotatable bonds is 7. The van der Waals surface area contributed by atoms with Crippen LogP contribution < -0.4 is 4.90 Å². The van der Waals surface area contributed by atoms with Crippen LogP contribution in [0.3, 0.4) is 0 Å². The van der Waals surface area contributed by atoms with Crippen molar-refractivity contribution in [2.75, 3.05) is 36.9 Å². The van der Waals surface area contributed by atoms with Crippen LogP contribution in [0.4, 0.5) is 11.4 Å². The van der Waals surface area contributed by atoms with E-state index in [1.807, 2.05) is 31.2 Å². The van der Waals surface area contributed by atoms with E-state index < -0.39 is 33.5 Å². The molecule has 0 saturated carbocycles. The van der Waals surface area contributed by atoms with Gasteiger partial charge in [0.25, 0.3) is 5.91 Å². The lowest BCUT2D eigenvalue weighted by atomic mass is 10.1. The van der Waals surface area contributed by atoms with Crippen LogP contribution in [0.5, 0.6) is 0 Å². The lowest BCUT2D eigenvalue weighted by Gasteiger charge is -2.41. The van der Waals surface area contributed by atoms with E-state index in [0.29, 0.717) is 19.6 Å². The molecule has 1 heterocycles. The molecule has 0 aromatic heterocycles. The minimum absolute atomic E-state index is 0.0448. The minimum atomic E-state index is -1.96. The van der Waals surface area contributed by atoms with Gasteiger partial charge in [-0.05, 0) is 38.1 Å². The Balaban J connectivity index is 1.75. The van der Waals surface area contributed by atoms with Crippen molar-refractivity contribution < 1.29 is 23.8 Å². The molecule has 9 nitrogen and oxygen atoms in total. The Labute approximate surface area is 203 Å². The van der Waals surface area contributed by atoms with Crippen LogP contribution in [0.15, 0.2) is 51.8 Å². The lowest BCUT2D eigenvalue weighted by Crippen LogP contribution is -2.53. The number of halogens is 1. The van der Waals surface area contributed by atoms with Gasteiger partial charge >= 0.3 is 11.7 Å². The summed E-state index contributed by atoms with van der Waals surface area (Å²) in [5.74, 6) is -1.53. The van der Waals surface area contributed by atoms with E-state index >= 15 is 0 Å². The molecule has 176 valence electrons. The fourth-order valence-corrected chi connectivity index (χ4v) is 5.16. The molecule has 2 atom stereocenters. The van der Waals surface area contributed by atoms with E-state index in [4.69, 9.17) is 4.74 Å². The van der Waals surface area contributed by atoms with Gasteiger partial charge in [-0.15, -0.1) is 0 Å². The highest BCUT2D eigenvalue weighted by Crippen LogP contribution is 2.28. The molecule has 11 heteroatoms. The van der Waals surface area contributed by atoms with E-state index in [0.717, 1.165) is 16.2 Å². The Morgan fingerprint density at radius 1 is 1.24 bits per heavy atom. The van der Waals surface area contributed by atoms with Crippen LogP contribution in [0, 0.1) is 10.1 Å². The van der Waals surface area contributed by atoms with Gasteiger partial charge in [0, 0.05) is 64.7 Å². The zero-order valence-electron chi connectivity index (χ0n) is 18.2. The topological polar surface area (TPSA) is 116 Å². The normalized spacial score (nSPS) is 16.9. The van der Waals surface area contributed by atoms with Crippen LogP contribution in [0.1, 0.15) is 24.2 Å². The van der Waals surface area contributed by atoms with E-state index in [1.54, 1.807) is 11.8 Å². The third kappa shape index (κ3) is 6.04. The number of nitro benzene ring substituents is 1. The SMILES string of the molecule is CCOC(=O)C[S+]([O-])c1ccc(C(=O)N2CCN(c3cccc(Br)c3)[C@@H](C)C2)cc1[N+](=O)[O-]. The minimum Gasteiger partial charge on any atom is -0.611 e. The van der Waals surface area contributed by atoms with Gasteiger partial charge in [-0.1, -0.05) is 22.0 Å². The maximum Gasteiger partial charge on any atom is 0.356 e. The lowest BCUT2D eigenvalue weighted by molar-refractivity contribution is -0.387. The molecule has 0 radical (unpaired) electrons. The second-order valence-corrected chi connectivity index (χ2v) is 9.84. The number of esters is 1. The molecular weight excluding hydrogens is 514 g/mol. The maximum atomic E-state index is 13.1. The van der Waals surface area contributed by atoms with Gasteiger partial charge in [0.15, 0.2) is 0 Å². The van der Waals surface area contributed by atoms with Crippen molar-refractivity contribution in [1.29, 1.82) is 0 Å². The van der Waals surface area contributed by atoms with Gasteiger partial charge in [-0.3, -0.25) is 14.9 Å². The summed E-state index contributed by atoms with van der Waals surface area (Å²) < 4.78 is 18.2. The number of piperazine rings is 1. The van der Waals surface area contributed by atoms with Gasteiger partial charge < -0.3 is 19.1 Å². The van der Waals surface area contributed by atoms with Crippen molar-refractivity contribution in [3.8, 4) is 0 Å². The first-order valence-electron chi connectivity index (χ1n) is 10.3. The summed E-state index contributed by atoms with van der Waals surface area (Å²) in [5.41, 5.74) is 0.735. The molecule has 3 rings (SSSR count). The third-order valence-electron chi connectivity index (χ3n) is 5.26. The summed E-state index contributed by atoms with van der Waals surface area (Å²) in [7, 11) is 0. The van der Waals surface area contributed by atoms with E-state index in [1.165, 1.54) is 12.1 Å². The smallest absolute Gasteiger partial charge is 0.356 e. The molecular formula is C22H24BrN3O6S. The molecule has 0 aliphatic carbocycles. The number of hydrogen-bond donors (Lipinski definition) is 0. The predicted octanol–water partition coefficient (Wildman–Crippen LogP) is 3.38. The number of nitro groups is 1. The molecule has 33 heavy (non-hydrogen) atoms. The van der Waals surface area contributed by atoms with E-state index in [-0.39, 0.29) is 29.0 Å². The number of carbonyl (C=O) groups is 2. The third-order valence-corrected chi connectivity index (χ3v) is 7.08. The summed E-state index contributed by atoms with van der Waals surface area (Å²) in [5, 5.41) is 11.6. The second kappa shape index (κ2) is 11.0. The fourth-order valence-electron chi connectivity index (χ4n) is 3.74. The monoisotopic (exact) mass is 537 g/mol. The summed E-state index contributed by atoms with van der Waals surface area (Å²) >= 11 is 1.52. The molecule has 0 bridgehead atoms. The predicted molar refractivity (Wildman–Crippen MR) is 128 cm³/mol. The number of benzene rings is 2. The molecule has 2 aromatic rings. The summed E-state index contributed by atoms with van der Waals surface area (Å²) in [6, 6.07) is 11.8. The molecule has 1 unspecified atom stereocenters. The van der Waals surface area contributed by atoms with Crippen molar-refractivity contribution in [3.63, 3.8) is 0 Å². The Morgan fingerprint density at radius 3 is 2.64 bits per heavy atom. The van der Waals surface area contributed by atoms with Gasteiger partial charge in [0.2, 0.25) is 10.6 Å². The summed E-state index contributed by atoms with van der Waals surface area (Å²) in [4.78, 5) is 39.4. The van der Waals surface area contributed by atoms with Crippen LogP contribution in [0.2, 0.25) is 0 Å². The average molecular weight is 538 g/mol. The number of amides is 1. The molecule has 1 aliphatic rings. The molecule has 1 saturated heterocycles.